The number of thiophene rings is 1. The van der Waals surface area contributed by atoms with Crippen molar-refractivity contribution in [2.75, 3.05) is 0 Å². The zero-order chi connectivity index (χ0) is 9.47. The van der Waals surface area contributed by atoms with E-state index in [1.807, 2.05) is 11.4 Å². The minimum atomic E-state index is -0.770. The van der Waals surface area contributed by atoms with Gasteiger partial charge in [-0.2, -0.15) is 0 Å². The van der Waals surface area contributed by atoms with Crippen LogP contribution in [0.2, 0.25) is 0 Å². The quantitative estimate of drug-likeness (QED) is 0.506. The third-order valence-corrected chi connectivity index (χ3v) is 3.62. The van der Waals surface area contributed by atoms with Crippen LogP contribution in [0.15, 0.2) is 11.4 Å². The summed E-state index contributed by atoms with van der Waals surface area (Å²) < 4.78 is 0. The Morgan fingerprint density at radius 3 is 3.08 bits per heavy atom. The van der Waals surface area contributed by atoms with Crippen molar-refractivity contribution in [3.63, 3.8) is 0 Å². The van der Waals surface area contributed by atoms with Gasteiger partial charge in [0.25, 0.3) is 0 Å². The molecular weight excluding hydrogens is 184 g/mol. The second-order valence-corrected chi connectivity index (χ2v) is 4.62. The molecule has 68 valence electrons. The van der Waals surface area contributed by atoms with Gasteiger partial charge in [-0.05, 0) is 31.2 Å². The van der Waals surface area contributed by atoms with Crippen molar-refractivity contribution in [2.24, 2.45) is 5.41 Å². The minimum absolute atomic E-state index is 0.00926. The Hall–Kier alpha value is -0.960. The lowest BCUT2D eigenvalue weighted by molar-refractivity contribution is -0.113. The molecule has 0 radical (unpaired) electrons. The molecule has 13 heavy (non-hydrogen) atoms. The Morgan fingerprint density at radius 1 is 1.62 bits per heavy atom. The molecule has 0 N–H and O–H groups in total. The highest BCUT2D eigenvalue weighted by Gasteiger charge is 2.38. The first-order valence-electron chi connectivity index (χ1n) is 4.25. The Bertz CT molecular complexity index is 367. The monoisotopic (exact) mass is 194 g/mol. The summed E-state index contributed by atoms with van der Waals surface area (Å²) in [4.78, 5) is 23.7. The van der Waals surface area contributed by atoms with Gasteiger partial charge < -0.3 is 4.79 Å². The molecule has 0 spiro atoms. The summed E-state index contributed by atoms with van der Waals surface area (Å²) in [6.45, 7) is 1.73. The summed E-state index contributed by atoms with van der Waals surface area (Å²) in [6, 6.07) is 1.82. The standard InChI is InChI=1S/C10H10O2S/c1-10(6-11)4-2-8-7(9(10)12)3-5-13-8/h3,5-6H,2,4H2,1H3. The predicted octanol–water partition coefficient (Wildman–Crippen LogP) is 2.08. The van der Waals surface area contributed by atoms with E-state index in [0.717, 1.165) is 23.1 Å². The Balaban J connectivity index is 2.49. The van der Waals surface area contributed by atoms with Crippen molar-refractivity contribution in [1.82, 2.24) is 0 Å². The number of carbonyl (C=O) groups is 2. The van der Waals surface area contributed by atoms with E-state index >= 15 is 0 Å². The van der Waals surface area contributed by atoms with Gasteiger partial charge in [0, 0.05) is 10.4 Å². The number of aryl methyl sites for hydroxylation is 1. The molecule has 1 aliphatic rings. The van der Waals surface area contributed by atoms with Gasteiger partial charge in [-0.15, -0.1) is 11.3 Å². The summed E-state index contributed by atoms with van der Waals surface area (Å²) in [5.74, 6) is -0.00926. The lowest BCUT2D eigenvalue weighted by atomic mass is 9.75. The van der Waals surface area contributed by atoms with Crippen LogP contribution in [0.3, 0.4) is 0 Å². The maximum absolute atomic E-state index is 11.8. The Kier molecular flexibility index (Phi) is 1.84. The summed E-state index contributed by atoms with van der Waals surface area (Å²) in [7, 11) is 0. The van der Waals surface area contributed by atoms with Crippen LogP contribution in [0.1, 0.15) is 28.6 Å². The molecular formula is C10H10O2S. The Morgan fingerprint density at radius 2 is 2.38 bits per heavy atom. The zero-order valence-corrected chi connectivity index (χ0v) is 8.19. The van der Waals surface area contributed by atoms with E-state index in [1.54, 1.807) is 18.3 Å². The molecule has 1 aliphatic carbocycles. The second-order valence-electron chi connectivity index (χ2n) is 3.62. The molecule has 0 aromatic carbocycles. The first-order valence-corrected chi connectivity index (χ1v) is 5.13. The van der Waals surface area contributed by atoms with Crippen molar-refractivity contribution >= 4 is 23.4 Å². The fourth-order valence-electron chi connectivity index (χ4n) is 1.64. The molecule has 1 atom stereocenters. The average Bonchev–Trinajstić information content (AvgIpc) is 2.60. The number of carbonyl (C=O) groups excluding carboxylic acids is 2. The topological polar surface area (TPSA) is 34.1 Å². The van der Waals surface area contributed by atoms with E-state index in [0.29, 0.717) is 6.42 Å². The van der Waals surface area contributed by atoms with Gasteiger partial charge in [0.05, 0.1) is 5.41 Å². The van der Waals surface area contributed by atoms with Gasteiger partial charge in [0.2, 0.25) is 0 Å². The van der Waals surface area contributed by atoms with Crippen molar-refractivity contribution in [1.29, 1.82) is 0 Å². The van der Waals surface area contributed by atoms with E-state index in [2.05, 4.69) is 0 Å². The number of ketones is 1. The largest absolute Gasteiger partial charge is 0.302 e. The molecule has 0 aliphatic heterocycles. The first kappa shape index (κ1) is 8.63. The molecule has 1 aromatic heterocycles. The van der Waals surface area contributed by atoms with Crippen LogP contribution in [-0.2, 0) is 11.2 Å². The number of hydrogen-bond donors (Lipinski definition) is 0. The maximum atomic E-state index is 11.8. The van der Waals surface area contributed by atoms with Crippen molar-refractivity contribution in [3.8, 4) is 0 Å². The van der Waals surface area contributed by atoms with Crippen molar-refractivity contribution < 1.29 is 9.59 Å². The minimum Gasteiger partial charge on any atom is -0.302 e. The number of hydrogen-bond acceptors (Lipinski definition) is 3. The number of aldehydes is 1. The summed E-state index contributed by atoms with van der Waals surface area (Å²) >= 11 is 1.60. The van der Waals surface area contributed by atoms with E-state index in [4.69, 9.17) is 0 Å². The molecule has 2 rings (SSSR count). The van der Waals surface area contributed by atoms with Gasteiger partial charge in [-0.1, -0.05) is 0 Å². The molecule has 0 fully saturated rings. The van der Waals surface area contributed by atoms with Crippen LogP contribution in [0.4, 0.5) is 0 Å². The van der Waals surface area contributed by atoms with Gasteiger partial charge in [-0.25, -0.2) is 0 Å². The fourth-order valence-corrected chi connectivity index (χ4v) is 2.52. The smallest absolute Gasteiger partial charge is 0.176 e. The SMILES string of the molecule is CC1(C=O)CCc2sccc2C1=O. The van der Waals surface area contributed by atoms with Gasteiger partial charge >= 0.3 is 0 Å². The highest BCUT2D eigenvalue weighted by molar-refractivity contribution is 7.10. The maximum Gasteiger partial charge on any atom is 0.176 e. The molecule has 2 nitrogen and oxygen atoms in total. The van der Waals surface area contributed by atoms with Crippen LogP contribution in [0.5, 0.6) is 0 Å². The van der Waals surface area contributed by atoms with Crippen LogP contribution in [0, 0.1) is 5.41 Å². The fraction of sp³-hybridized carbons (Fsp3) is 0.400. The third kappa shape index (κ3) is 1.15. The van der Waals surface area contributed by atoms with Gasteiger partial charge in [0.15, 0.2) is 5.78 Å². The van der Waals surface area contributed by atoms with Crippen LogP contribution >= 0.6 is 11.3 Å². The van der Waals surface area contributed by atoms with E-state index in [1.165, 1.54) is 0 Å². The van der Waals surface area contributed by atoms with Crippen LogP contribution in [0.25, 0.3) is 0 Å². The second kappa shape index (κ2) is 2.77. The third-order valence-electron chi connectivity index (χ3n) is 2.64. The summed E-state index contributed by atoms with van der Waals surface area (Å²) in [5.41, 5.74) is -0.0144. The molecule has 0 saturated carbocycles. The molecule has 1 heterocycles. The first-order chi connectivity index (χ1) is 6.17. The van der Waals surface area contributed by atoms with Crippen LogP contribution in [-0.4, -0.2) is 12.1 Å². The van der Waals surface area contributed by atoms with E-state index < -0.39 is 5.41 Å². The van der Waals surface area contributed by atoms with E-state index in [9.17, 15) is 9.59 Å². The molecule has 1 aromatic rings. The molecule has 3 heteroatoms. The predicted molar refractivity (Wildman–Crippen MR) is 51.1 cm³/mol. The molecule has 0 amide bonds. The highest BCUT2D eigenvalue weighted by Crippen LogP contribution is 2.35. The van der Waals surface area contributed by atoms with Gasteiger partial charge in [0.1, 0.15) is 6.29 Å². The average molecular weight is 194 g/mol. The molecule has 1 unspecified atom stereocenters. The van der Waals surface area contributed by atoms with E-state index in [-0.39, 0.29) is 5.78 Å². The highest BCUT2D eigenvalue weighted by atomic mass is 32.1. The number of rotatable bonds is 1. The lowest BCUT2D eigenvalue weighted by Crippen LogP contribution is -2.33. The lowest BCUT2D eigenvalue weighted by Gasteiger charge is -2.25. The molecule has 0 saturated heterocycles. The number of fused-ring (bicyclic) bond motifs is 1. The summed E-state index contributed by atoms with van der Waals surface area (Å²) in [5, 5.41) is 1.92. The summed E-state index contributed by atoms with van der Waals surface area (Å²) in [6.07, 6.45) is 2.30. The number of Topliss-reactive ketones (excluding diaryl/α,β-unsaturated/α-hetero) is 1. The van der Waals surface area contributed by atoms with Crippen molar-refractivity contribution in [2.45, 2.75) is 19.8 Å². The molecule has 0 bridgehead atoms. The van der Waals surface area contributed by atoms with Crippen molar-refractivity contribution in [3.05, 3.63) is 21.9 Å². The normalized spacial score (nSPS) is 27.0. The van der Waals surface area contributed by atoms with Gasteiger partial charge in [-0.3, -0.25) is 4.79 Å². The Labute approximate surface area is 80.6 Å². The zero-order valence-electron chi connectivity index (χ0n) is 7.37. The van der Waals surface area contributed by atoms with Crippen LogP contribution < -0.4 is 0 Å².